The Labute approximate surface area is 162 Å². The van der Waals surface area contributed by atoms with Crippen LogP contribution in [-0.4, -0.2) is 56.3 Å². The van der Waals surface area contributed by atoms with Crippen molar-refractivity contribution in [3.63, 3.8) is 0 Å². The number of amides is 1. The minimum atomic E-state index is -0.398. The number of nitrogens with zero attached hydrogens (tertiary/aromatic N) is 1. The minimum Gasteiger partial charge on any atom is -0.483 e. The first-order valence-electron chi connectivity index (χ1n) is 9.42. The molecule has 0 aromatic heterocycles. The Balaban J connectivity index is 2.69. The Morgan fingerprint density at radius 2 is 1.85 bits per heavy atom. The number of ether oxygens (including phenoxy) is 3. The van der Waals surface area contributed by atoms with Crippen LogP contribution >= 0.6 is 0 Å². The quantitative estimate of drug-likeness (QED) is 0.437. The summed E-state index contributed by atoms with van der Waals surface area (Å²) in [5.74, 6) is -0.184. The van der Waals surface area contributed by atoms with Crippen LogP contribution in [0.25, 0.3) is 0 Å². The van der Waals surface area contributed by atoms with Gasteiger partial charge in [0.15, 0.2) is 6.61 Å². The summed E-state index contributed by atoms with van der Waals surface area (Å²) >= 11 is 0. The molecule has 1 aromatic rings. The van der Waals surface area contributed by atoms with Gasteiger partial charge in [-0.25, -0.2) is 0 Å². The SMILES string of the molecule is COC(=O)C(C)CN(CCCOC(C)C)C(=O)COc1cccc(C)c1C. The highest BCUT2D eigenvalue weighted by Gasteiger charge is 2.22. The van der Waals surface area contributed by atoms with Crippen molar-refractivity contribution < 1.29 is 23.8 Å². The summed E-state index contributed by atoms with van der Waals surface area (Å²) in [5.41, 5.74) is 2.13. The van der Waals surface area contributed by atoms with E-state index in [9.17, 15) is 9.59 Å². The maximum absolute atomic E-state index is 12.7. The first-order chi connectivity index (χ1) is 12.8. The molecule has 1 amide bonds. The largest absolute Gasteiger partial charge is 0.483 e. The number of carbonyl (C=O) groups is 2. The Morgan fingerprint density at radius 1 is 1.15 bits per heavy atom. The Morgan fingerprint density at radius 3 is 2.48 bits per heavy atom. The van der Waals surface area contributed by atoms with Crippen LogP contribution in [0.15, 0.2) is 18.2 Å². The van der Waals surface area contributed by atoms with Gasteiger partial charge >= 0.3 is 5.97 Å². The van der Waals surface area contributed by atoms with E-state index in [0.717, 1.165) is 11.1 Å². The minimum absolute atomic E-state index is 0.0662. The summed E-state index contributed by atoms with van der Waals surface area (Å²) in [7, 11) is 1.35. The van der Waals surface area contributed by atoms with Crippen LogP contribution in [0.4, 0.5) is 0 Å². The Kier molecular flexibility index (Phi) is 9.86. The highest BCUT2D eigenvalue weighted by atomic mass is 16.5. The summed E-state index contributed by atoms with van der Waals surface area (Å²) in [6, 6.07) is 5.76. The lowest BCUT2D eigenvalue weighted by Crippen LogP contribution is -2.40. The molecule has 6 heteroatoms. The fourth-order valence-corrected chi connectivity index (χ4v) is 2.61. The summed E-state index contributed by atoms with van der Waals surface area (Å²) in [6.45, 7) is 11.0. The van der Waals surface area contributed by atoms with Crippen LogP contribution in [0.2, 0.25) is 0 Å². The second-order valence-electron chi connectivity index (χ2n) is 7.02. The number of benzene rings is 1. The fraction of sp³-hybridized carbons (Fsp3) is 0.619. The molecule has 0 aliphatic carbocycles. The van der Waals surface area contributed by atoms with E-state index in [2.05, 4.69) is 0 Å². The Bertz CT molecular complexity index is 615. The molecule has 0 heterocycles. The van der Waals surface area contributed by atoms with Gasteiger partial charge in [-0.2, -0.15) is 0 Å². The predicted molar refractivity (Wildman–Crippen MR) is 105 cm³/mol. The van der Waals surface area contributed by atoms with Gasteiger partial charge in [-0.1, -0.05) is 19.1 Å². The lowest BCUT2D eigenvalue weighted by molar-refractivity contribution is -0.146. The van der Waals surface area contributed by atoms with Crippen LogP contribution in [0.1, 0.15) is 38.3 Å². The van der Waals surface area contributed by atoms with Crippen molar-refractivity contribution in [3.8, 4) is 5.75 Å². The van der Waals surface area contributed by atoms with Crippen LogP contribution in [0, 0.1) is 19.8 Å². The zero-order chi connectivity index (χ0) is 20.4. The van der Waals surface area contributed by atoms with Gasteiger partial charge in [0.2, 0.25) is 0 Å². The number of esters is 1. The van der Waals surface area contributed by atoms with Gasteiger partial charge in [-0.15, -0.1) is 0 Å². The third-order valence-electron chi connectivity index (χ3n) is 4.38. The highest BCUT2D eigenvalue weighted by molar-refractivity contribution is 5.79. The topological polar surface area (TPSA) is 65.1 Å². The zero-order valence-electron chi connectivity index (χ0n) is 17.4. The second kappa shape index (κ2) is 11.6. The molecule has 0 N–H and O–H groups in total. The number of hydrogen-bond acceptors (Lipinski definition) is 5. The van der Waals surface area contributed by atoms with Crippen molar-refractivity contribution in [1.82, 2.24) is 4.90 Å². The summed E-state index contributed by atoms with van der Waals surface area (Å²) < 4.78 is 16.1. The van der Waals surface area contributed by atoms with Crippen molar-refractivity contribution in [1.29, 1.82) is 0 Å². The average molecular weight is 379 g/mol. The van der Waals surface area contributed by atoms with Gasteiger partial charge in [0.05, 0.1) is 19.1 Å². The van der Waals surface area contributed by atoms with E-state index >= 15 is 0 Å². The number of carbonyl (C=O) groups excluding carboxylic acids is 2. The van der Waals surface area contributed by atoms with Gasteiger partial charge in [0.1, 0.15) is 5.75 Å². The average Bonchev–Trinajstić information content (AvgIpc) is 2.63. The monoisotopic (exact) mass is 379 g/mol. The Hall–Kier alpha value is -2.08. The molecule has 0 saturated carbocycles. The molecule has 0 bridgehead atoms. The molecule has 0 aliphatic heterocycles. The van der Waals surface area contributed by atoms with E-state index < -0.39 is 5.92 Å². The molecule has 0 aliphatic rings. The fourth-order valence-electron chi connectivity index (χ4n) is 2.61. The standard InChI is InChI=1S/C21H33NO5/c1-15(2)26-12-8-11-22(13-17(4)21(24)25-6)20(23)14-27-19-10-7-9-16(3)18(19)5/h7,9-10,15,17H,8,11-14H2,1-6H3. The molecule has 0 fully saturated rings. The van der Waals surface area contributed by atoms with Crippen LogP contribution in [0.3, 0.4) is 0 Å². The first-order valence-corrected chi connectivity index (χ1v) is 9.42. The van der Waals surface area contributed by atoms with Crippen LogP contribution in [-0.2, 0) is 19.1 Å². The lowest BCUT2D eigenvalue weighted by atomic mass is 10.1. The van der Waals surface area contributed by atoms with Crippen molar-refractivity contribution in [2.75, 3.05) is 33.4 Å². The van der Waals surface area contributed by atoms with Gasteiger partial charge in [-0.05, 0) is 51.3 Å². The number of hydrogen-bond donors (Lipinski definition) is 0. The van der Waals surface area contributed by atoms with Gasteiger partial charge in [0, 0.05) is 19.7 Å². The van der Waals surface area contributed by atoms with Crippen LogP contribution < -0.4 is 4.74 Å². The number of rotatable bonds is 11. The maximum Gasteiger partial charge on any atom is 0.310 e. The van der Waals surface area contributed by atoms with E-state index in [0.29, 0.717) is 31.9 Å². The third-order valence-corrected chi connectivity index (χ3v) is 4.38. The molecule has 0 spiro atoms. The van der Waals surface area contributed by atoms with Crippen molar-refractivity contribution in [2.45, 2.75) is 47.1 Å². The number of aryl methyl sites for hydroxylation is 1. The van der Waals surface area contributed by atoms with E-state index in [1.165, 1.54) is 7.11 Å². The van der Waals surface area contributed by atoms with E-state index in [-0.39, 0.29) is 24.6 Å². The first kappa shape index (κ1) is 23.0. The lowest BCUT2D eigenvalue weighted by Gasteiger charge is -2.25. The molecule has 0 radical (unpaired) electrons. The van der Waals surface area contributed by atoms with Crippen LogP contribution in [0.5, 0.6) is 5.75 Å². The molecule has 1 unspecified atom stereocenters. The summed E-state index contributed by atoms with van der Waals surface area (Å²) in [4.78, 5) is 26.1. The molecule has 152 valence electrons. The summed E-state index contributed by atoms with van der Waals surface area (Å²) in [6.07, 6.45) is 0.845. The van der Waals surface area contributed by atoms with Gasteiger partial charge in [-0.3, -0.25) is 9.59 Å². The molecule has 6 nitrogen and oxygen atoms in total. The van der Waals surface area contributed by atoms with E-state index in [1.807, 2.05) is 45.9 Å². The van der Waals surface area contributed by atoms with Crippen molar-refractivity contribution in [2.24, 2.45) is 5.92 Å². The molecule has 1 atom stereocenters. The zero-order valence-corrected chi connectivity index (χ0v) is 17.4. The van der Waals surface area contributed by atoms with Crippen molar-refractivity contribution in [3.05, 3.63) is 29.3 Å². The second-order valence-corrected chi connectivity index (χ2v) is 7.02. The molecule has 27 heavy (non-hydrogen) atoms. The molecule has 1 aromatic carbocycles. The smallest absolute Gasteiger partial charge is 0.310 e. The molecular weight excluding hydrogens is 346 g/mol. The van der Waals surface area contributed by atoms with Crippen molar-refractivity contribution >= 4 is 11.9 Å². The number of methoxy groups -OCH3 is 1. The van der Waals surface area contributed by atoms with E-state index in [4.69, 9.17) is 14.2 Å². The molecule has 1 rings (SSSR count). The van der Waals surface area contributed by atoms with E-state index in [1.54, 1.807) is 11.8 Å². The molecule has 0 saturated heterocycles. The maximum atomic E-state index is 12.7. The highest BCUT2D eigenvalue weighted by Crippen LogP contribution is 2.20. The summed E-state index contributed by atoms with van der Waals surface area (Å²) in [5, 5.41) is 0. The third kappa shape index (κ3) is 7.99. The normalized spacial score (nSPS) is 12.0. The van der Waals surface area contributed by atoms with Gasteiger partial charge in [0.25, 0.3) is 5.91 Å². The predicted octanol–water partition coefficient (Wildman–Crippen LogP) is 3.14. The molecular formula is C21H33NO5. The van der Waals surface area contributed by atoms with Gasteiger partial charge < -0.3 is 19.1 Å².